The van der Waals surface area contributed by atoms with Crippen LogP contribution < -0.4 is 0 Å². The normalized spacial score (nSPS) is 28.6. The van der Waals surface area contributed by atoms with E-state index in [0.717, 1.165) is 29.0 Å². The summed E-state index contributed by atoms with van der Waals surface area (Å²) in [6, 6.07) is 9.20. The summed E-state index contributed by atoms with van der Waals surface area (Å²) in [7, 11) is 0. The fourth-order valence-electron chi connectivity index (χ4n) is 4.71. The number of carbonyl (C=O) groups excluding carboxylic acids is 2. The van der Waals surface area contributed by atoms with Crippen LogP contribution >= 0.6 is 11.6 Å². The van der Waals surface area contributed by atoms with Crippen molar-refractivity contribution in [3.8, 4) is 11.3 Å². The Labute approximate surface area is 167 Å². The molecule has 1 saturated heterocycles. The zero-order chi connectivity index (χ0) is 19.4. The maximum atomic E-state index is 12.8. The van der Waals surface area contributed by atoms with Crippen LogP contribution in [0.3, 0.4) is 0 Å². The fourth-order valence-corrected chi connectivity index (χ4v) is 4.89. The van der Waals surface area contributed by atoms with Gasteiger partial charge in [-0.15, -0.1) is 0 Å². The third-order valence-corrected chi connectivity index (χ3v) is 6.36. The van der Waals surface area contributed by atoms with Crippen LogP contribution in [-0.2, 0) is 9.59 Å². The molecule has 1 aromatic heterocycles. The first kappa shape index (κ1) is 17.4. The van der Waals surface area contributed by atoms with E-state index < -0.39 is 0 Å². The zero-order valence-corrected chi connectivity index (χ0v) is 16.1. The van der Waals surface area contributed by atoms with E-state index in [1.807, 2.05) is 31.2 Å². The molecule has 2 amide bonds. The van der Waals surface area contributed by atoms with Crippen molar-refractivity contribution in [3.63, 3.8) is 0 Å². The molecule has 2 aromatic rings. The van der Waals surface area contributed by atoms with Gasteiger partial charge in [0.25, 0.3) is 11.8 Å². The monoisotopic (exact) mass is 394 g/mol. The highest BCUT2D eigenvalue weighted by molar-refractivity contribution is 6.30. The summed E-state index contributed by atoms with van der Waals surface area (Å²) in [5.74, 6) is 0.567. The van der Waals surface area contributed by atoms with E-state index in [1.54, 1.807) is 6.07 Å². The summed E-state index contributed by atoms with van der Waals surface area (Å²) >= 11 is 6.09. The first-order valence-electron chi connectivity index (χ1n) is 9.49. The molecule has 28 heavy (non-hydrogen) atoms. The average Bonchev–Trinajstić information content (AvgIpc) is 3.28. The Morgan fingerprint density at radius 1 is 1.07 bits per heavy atom. The van der Waals surface area contributed by atoms with E-state index >= 15 is 0 Å². The number of hydrogen-bond donors (Lipinski definition) is 0. The van der Waals surface area contributed by atoms with Gasteiger partial charge in [0.05, 0.1) is 18.1 Å². The molecular formula is C22H19ClN2O3. The average molecular weight is 395 g/mol. The number of amides is 2. The fraction of sp³-hybridized carbons (Fsp3) is 0.318. The molecule has 0 radical (unpaired) electrons. The molecule has 4 atom stereocenters. The molecule has 2 fully saturated rings. The number of nitrogens with zero attached hydrogens (tertiary/aromatic N) is 2. The predicted octanol–water partition coefficient (Wildman–Crippen LogP) is 4.44. The van der Waals surface area contributed by atoms with Crippen molar-refractivity contribution in [3.05, 3.63) is 58.8 Å². The predicted molar refractivity (Wildman–Crippen MR) is 106 cm³/mol. The quantitative estimate of drug-likeness (QED) is 0.439. The molecule has 3 aliphatic carbocycles. The first-order valence-corrected chi connectivity index (χ1v) is 9.87. The number of imide groups is 1. The highest BCUT2D eigenvalue weighted by Crippen LogP contribution is 2.49. The first-order chi connectivity index (χ1) is 13.5. The Hall–Kier alpha value is -2.66. The van der Waals surface area contributed by atoms with Gasteiger partial charge < -0.3 is 4.42 Å². The van der Waals surface area contributed by atoms with E-state index in [4.69, 9.17) is 16.0 Å². The van der Waals surface area contributed by atoms with Crippen LogP contribution in [0.1, 0.15) is 24.2 Å². The smallest absolute Gasteiger partial charge is 0.254 e. The number of hydrazone groups is 1. The lowest BCUT2D eigenvalue weighted by Gasteiger charge is -2.37. The molecule has 6 rings (SSSR count). The van der Waals surface area contributed by atoms with Gasteiger partial charge in [-0.05, 0) is 61.4 Å². The number of benzene rings is 1. The Morgan fingerprint density at radius 3 is 2.39 bits per heavy atom. The number of hydrogen-bond acceptors (Lipinski definition) is 4. The Balaban J connectivity index is 1.39. The molecule has 0 unspecified atom stereocenters. The van der Waals surface area contributed by atoms with Crippen LogP contribution in [0.25, 0.3) is 11.3 Å². The number of rotatable bonds is 3. The SMILES string of the molecule is Cc1ccc(Cl)cc1-c1ccc(/C=N\N2C(=O)[C@@H]3[C@@H](C2=O)[C@H]2C=C[C@H]3CC2)o1. The summed E-state index contributed by atoms with van der Waals surface area (Å²) < 4.78 is 5.84. The van der Waals surface area contributed by atoms with Gasteiger partial charge in [0.15, 0.2) is 0 Å². The van der Waals surface area contributed by atoms with E-state index in [-0.39, 0.29) is 35.5 Å². The lowest BCUT2D eigenvalue weighted by molar-refractivity contribution is -0.140. The maximum Gasteiger partial charge on any atom is 0.254 e. The van der Waals surface area contributed by atoms with Crippen molar-refractivity contribution in [2.24, 2.45) is 28.8 Å². The number of halogens is 1. The van der Waals surface area contributed by atoms with Crippen molar-refractivity contribution in [2.75, 3.05) is 0 Å². The van der Waals surface area contributed by atoms with Crippen molar-refractivity contribution in [1.29, 1.82) is 0 Å². The Morgan fingerprint density at radius 2 is 1.75 bits per heavy atom. The minimum Gasteiger partial charge on any atom is -0.455 e. The summed E-state index contributed by atoms with van der Waals surface area (Å²) in [6.45, 7) is 1.98. The van der Waals surface area contributed by atoms with Gasteiger partial charge in [0, 0.05) is 10.6 Å². The zero-order valence-electron chi connectivity index (χ0n) is 15.3. The number of furan rings is 1. The van der Waals surface area contributed by atoms with Crippen molar-refractivity contribution < 1.29 is 14.0 Å². The van der Waals surface area contributed by atoms with Crippen LogP contribution in [0.2, 0.25) is 5.02 Å². The standard InChI is InChI=1S/C22H19ClN2O3/c1-12-2-7-15(23)10-17(12)18-9-8-16(28-18)11-24-25-21(26)19-13-3-4-14(6-5-13)20(19)22(25)27/h2-4,7-11,13-14,19-20H,5-6H2,1H3/b24-11-/t13-,14-,19-,20-/m0/s1. The van der Waals surface area contributed by atoms with Gasteiger partial charge in [-0.3, -0.25) is 9.59 Å². The van der Waals surface area contributed by atoms with Gasteiger partial charge in [-0.1, -0.05) is 29.8 Å². The minimum atomic E-state index is -0.255. The van der Waals surface area contributed by atoms with Crippen molar-refractivity contribution >= 4 is 29.6 Å². The summed E-state index contributed by atoms with van der Waals surface area (Å²) in [6.07, 6.45) is 7.57. The third-order valence-electron chi connectivity index (χ3n) is 6.13. The summed E-state index contributed by atoms with van der Waals surface area (Å²) in [5.41, 5.74) is 1.94. The second-order valence-electron chi connectivity index (χ2n) is 7.74. The molecule has 0 spiro atoms. The van der Waals surface area contributed by atoms with Crippen molar-refractivity contribution in [2.45, 2.75) is 19.8 Å². The van der Waals surface area contributed by atoms with E-state index in [9.17, 15) is 9.59 Å². The highest BCUT2D eigenvalue weighted by Gasteiger charge is 2.56. The van der Waals surface area contributed by atoms with E-state index in [0.29, 0.717) is 16.5 Å². The molecule has 4 aliphatic rings. The molecule has 6 heteroatoms. The van der Waals surface area contributed by atoms with Gasteiger partial charge in [0.1, 0.15) is 11.5 Å². The summed E-state index contributed by atoms with van der Waals surface area (Å²) in [5, 5.41) is 5.86. The Bertz CT molecular complexity index is 1010. The number of aryl methyl sites for hydroxylation is 1. The molecule has 1 saturated carbocycles. The lowest BCUT2D eigenvalue weighted by atomic mass is 9.63. The van der Waals surface area contributed by atoms with Crippen LogP contribution in [0.15, 0.2) is 52.0 Å². The largest absolute Gasteiger partial charge is 0.455 e. The molecule has 2 bridgehead atoms. The topological polar surface area (TPSA) is 62.9 Å². The molecule has 0 N–H and O–H groups in total. The molecule has 142 valence electrons. The Kier molecular flexibility index (Phi) is 4.02. The van der Waals surface area contributed by atoms with Gasteiger partial charge >= 0.3 is 0 Å². The lowest BCUT2D eigenvalue weighted by Crippen LogP contribution is -2.38. The van der Waals surface area contributed by atoms with E-state index in [1.165, 1.54) is 6.21 Å². The molecule has 1 aromatic carbocycles. The second kappa shape index (κ2) is 6.45. The van der Waals surface area contributed by atoms with E-state index in [2.05, 4.69) is 17.3 Å². The van der Waals surface area contributed by atoms with Gasteiger partial charge in [0.2, 0.25) is 0 Å². The second-order valence-corrected chi connectivity index (χ2v) is 8.17. The van der Waals surface area contributed by atoms with Crippen LogP contribution in [0, 0.1) is 30.6 Å². The number of fused-ring (bicyclic) bond motifs is 1. The number of carbonyl (C=O) groups is 2. The maximum absolute atomic E-state index is 12.8. The molecular weight excluding hydrogens is 376 g/mol. The van der Waals surface area contributed by atoms with Crippen molar-refractivity contribution in [1.82, 2.24) is 5.01 Å². The van der Waals surface area contributed by atoms with Gasteiger partial charge in [-0.25, -0.2) is 0 Å². The molecule has 1 aliphatic heterocycles. The van der Waals surface area contributed by atoms with Crippen LogP contribution in [0.5, 0.6) is 0 Å². The molecule has 5 nitrogen and oxygen atoms in total. The highest BCUT2D eigenvalue weighted by atomic mass is 35.5. The van der Waals surface area contributed by atoms with Crippen LogP contribution in [0.4, 0.5) is 0 Å². The summed E-state index contributed by atoms with van der Waals surface area (Å²) in [4.78, 5) is 25.6. The number of allylic oxidation sites excluding steroid dienone is 2. The minimum absolute atomic E-state index is 0.160. The third kappa shape index (κ3) is 2.65. The van der Waals surface area contributed by atoms with Crippen LogP contribution in [-0.4, -0.2) is 23.0 Å². The molecule has 2 heterocycles. The van der Waals surface area contributed by atoms with Gasteiger partial charge in [-0.2, -0.15) is 10.1 Å².